The highest BCUT2D eigenvalue weighted by Crippen LogP contribution is 2.24. The molecule has 1 amide bonds. The molecule has 3 rings (SSSR count). The highest BCUT2D eigenvalue weighted by molar-refractivity contribution is 5.88. The van der Waals surface area contributed by atoms with Crippen molar-refractivity contribution < 1.29 is 19.1 Å². The maximum Gasteiger partial charge on any atom is 0.347 e. The number of carbonyl (C=O) groups excluding carboxylic acids is 2. The van der Waals surface area contributed by atoms with Gasteiger partial charge in [-0.15, -0.1) is 0 Å². The number of ether oxygens (including phenoxy) is 2. The second kappa shape index (κ2) is 10.4. The first-order valence-corrected chi connectivity index (χ1v) is 10.3. The standard InChI is InChI=1S/C24H26N2O5/c1-3-30-24(29)17(2)31-21-11-7-10-20-19(21)13-15-26(23(20)28)16-22(27)25-14-12-18-8-5-4-6-9-18/h4-11,13,15,17H,3,12,14,16H2,1-2H3,(H,25,27)/t17-/m0/s1. The fourth-order valence-electron chi connectivity index (χ4n) is 3.22. The van der Waals surface area contributed by atoms with Crippen LogP contribution in [0.25, 0.3) is 10.8 Å². The first-order chi connectivity index (χ1) is 15.0. The van der Waals surface area contributed by atoms with E-state index in [2.05, 4.69) is 5.32 Å². The third-order valence-electron chi connectivity index (χ3n) is 4.79. The van der Waals surface area contributed by atoms with Crippen LogP contribution in [0.2, 0.25) is 0 Å². The number of aromatic nitrogens is 1. The quantitative estimate of drug-likeness (QED) is 0.536. The lowest BCUT2D eigenvalue weighted by Gasteiger charge is -2.15. The van der Waals surface area contributed by atoms with Crippen molar-refractivity contribution in [3.8, 4) is 5.75 Å². The van der Waals surface area contributed by atoms with E-state index >= 15 is 0 Å². The number of carbonyl (C=O) groups is 2. The minimum Gasteiger partial charge on any atom is -0.478 e. The van der Waals surface area contributed by atoms with Crippen LogP contribution >= 0.6 is 0 Å². The molecule has 0 aliphatic rings. The van der Waals surface area contributed by atoms with Crippen molar-refractivity contribution in [2.75, 3.05) is 13.2 Å². The molecule has 0 saturated heterocycles. The van der Waals surface area contributed by atoms with Gasteiger partial charge in [0, 0.05) is 18.1 Å². The Morgan fingerprint density at radius 1 is 1.03 bits per heavy atom. The number of hydrogen-bond acceptors (Lipinski definition) is 5. The van der Waals surface area contributed by atoms with Crippen molar-refractivity contribution in [3.63, 3.8) is 0 Å². The smallest absolute Gasteiger partial charge is 0.347 e. The van der Waals surface area contributed by atoms with Crippen LogP contribution in [-0.2, 0) is 27.3 Å². The normalized spacial score (nSPS) is 11.7. The van der Waals surface area contributed by atoms with E-state index < -0.39 is 12.1 Å². The Hall–Kier alpha value is -3.61. The Kier molecular flexibility index (Phi) is 7.43. The largest absolute Gasteiger partial charge is 0.478 e. The van der Waals surface area contributed by atoms with Crippen LogP contribution in [0.15, 0.2) is 65.6 Å². The van der Waals surface area contributed by atoms with Gasteiger partial charge in [-0.1, -0.05) is 36.4 Å². The summed E-state index contributed by atoms with van der Waals surface area (Å²) >= 11 is 0. The maximum atomic E-state index is 12.9. The summed E-state index contributed by atoms with van der Waals surface area (Å²) in [5.74, 6) is -0.296. The summed E-state index contributed by atoms with van der Waals surface area (Å²) in [6.07, 6.45) is 1.48. The van der Waals surface area contributed by atoms with Gasteiger partial charge in [-0.05, 0) is 44.0 Å². The van der Waals surface area contributed by atoms with Gasteiger partial charge in [-0.25, -0.2) is 4.79 Å². The van der Waals surface area contributed by atoms with Gasteiger partial charge < -0.3 is 19.4 Å². The zero-order valence-electron chi connectivity index (χ0n) is 17.7. The third-order valence-corrected chi connectivity index (χ3v) is 4.79. The van der Waals surface area contributed by atoms with Crippen LogP contribution in [0.1, 0.15) is 19.4 Å². The Bertz CT molecular complexity index is 1110. The molecule has 0 radical (unpaired) electrons. The van der Waals surface area contributed by atoms with Crippen LogP contribution in [0.5, 0.6) is 5.75 Å². The second-order valence-corrected chi connectivity index (χ2v) is 7.06. The second-order valence-electron chi connectivity index (χ2n) is 7.06. The Morgan fingerprint density at radius 2 is 1.81 bits per heavy atom. The molecule has 0 saturated carbocycles. The van der Waals surface area contributed by atoms with Crippen molar-refractivity contribution in [3.05, 3.63) is 76.7 Å². The van der Waals surface area contributed by atoms with Gasteiger partial charge in [0.05, 0.1) is 12.0 Å². The van der Waals surface area contributed by atoms with Gasteiger partial charge in [-0.3, -0.25) is 9.59 Å². The number of esters is 1. The number of benzene rings is 2. The highest BCUT2D eigenvalue weighted by Gasteiger charge is 2.18. The molecular weight excluding hydrogens is 396 g/mol. The summed E-state index contributed by atoms with van der Waals surface area (Å²) in [4.78, 5) is 37.0. The predicted octanol–water partition coefficient (Wildman–Crippen LogP) is 2.69. The lowest BCUT2D eigenvalue weighted by molar-refractivity contribution is -0.150. The van der Waals surface area contributed by atoms with E-state index in [0.29, 0.717) is 23.1 Å². The van der Waals surface area contributed by atoms with Crippen molar-refractivity contribution in [1.29, 1.82) is 0 Å². The monoisotopic (exact) mass is 422 g/mol. The summed E-state index contributed by atoms with van der Waals surface area (Å²) in [7, 11) is 0. The third kappa shape index (κ3) is 5.72. The van der Waals surface area contributed by atoms with Gasteiger partial charge in [0.1, 0.15) is 12.3 Å². The lowest BCUT2D eigenvalue weighted by atomic mass is 10.1. The average molecular weight is 422 g/mol. The molecule has 2 aromatic carbocycles. The van der Waals surface area contributed by atoms with Crippen molar-refractivity contribution >= 4 is 22.6 Å². The van der Waals surface area contributed by atoms with Crippen LogP contribution in [-0.4, -0.2) is 35.7 Å². The number of nitrogens with zero attached hydrogens (tertiary/aromatic N) is 1. The molecule has 1 heterocycles. The van der Waals surface area contributed by atoms with Crippen molar-refractivity contribution in [2.45, 2.75) is 32.9 Å². The summed E-state index contributed by atoms with van der Waals surface area (Å²) in [5, 5.41) is 3.83. The summed E-state index contributed by atoms with van der Waals surface area (Å²) in [5.41, 5.74) is 0.834. The molecule has 0 spiro atoms. The first kappa shape index (κ1) is 22.1. The van der Waals surface area contributed by atoms with Crippen LogP contribution < -0.4 is 15.6 Å². The maximum absolute atomic E-state index is 12.9. The number of hydrogen-bond donors (Lipinski definition) is 1. The Labute approximate surface area is 180 Å². The van der Waals surface area contributed by atoms with Crippen molar-refractivity contribution in [2.24, 2.45) is 0 Å². The zero-order valence-corrected chi connectivity index (χ0v) is 17.7. The number of rotatable bonds is 9. The summed E-state index contributed by atoms with van der Waals surface area (Å²) < 4.78 is 12.0. The number of pyridine rings is 1. The number of amides is 1. The van der Waals surface area contributed by atoms with Gasteiger partial charge in [0.25, 0.3) is 5.56 Å². The van der Waals surface area contributed by atoms with Crippen LogP contribution in [0.4, 0.5) is 0 Å². The SMILES string of the molecule is CCOC(=O)[C@H](C)Oc1cccc2c(=O)n(CC(=O)NCCc3ccccc3)ccc12. The van der Waals surface area contributed by atoms with Gasteiger partial charge in [0.15, 0.2) is 6.10 Å². The summed E-state index contributed by atoms with van der Waals surface area (Å²) in [6.45, 7) is 4.00. The predicted molar refractivity (Wildman–Crippen MR) is 118 cm³/mol. The van der Waals surface area contributed by atoms with E-state index in [0.717, 1.165) is 12.0 Å². The Morgan fingerprint density at radius 3 is 2.55 bits per heavy atom. The number of fused-ring (bicyclic) bond motifs is 1. The minimum atomic E-state index is -0.802. The molecule has 1 atom stereocenters. The fourth-order valence-corrected chi connectivity index (χ4v) is 3.22. The number of nitrogens with one attached hydrogen (secondary N) is 1. The fraction of sp³-hybridized carbons (Fsp3) is 0.292. The minimum absolute atomic E-state index is 0.0755. The molecule has 1 aromatic heterocycles. The Balaban J connectivity index is 1.68. The van der Waals surface area contributed by atoms with E-state index in [4.69, 9.17) is 9.47 Å². The van der Waals surface area contributed by atoms with Crippen LogP contribution in [0.3, 0.4) is 0 Å². The molecule has 3 aromatic rings. The molecule has 0 aliphatic heterocycles. The molecule has 1 N–H and O–H groups in total. The van der Waals surface area contributed by atoms with E-state index in [1.54, 1.807) is 44.3 Å². The molecule has 7 nitrogen and oxygen atoms in total. The zero-order chi connectivity index (χ0) is 22.2. The van der Waals surface area contributed by atoms with Gasteiger partial charge >= 0.3 is 5.97 Å². The highest BCUT2D eigenvalue weighted by atomic mass is 16.6. The topological polar surface area (TPSA) is 86.6 Å². The lowest BCUT2D eigenvalue weighted by Crippen LogP contribution is -2.33. The van der Waals surface area contributed by atoms with Gasteiger partial charge in [-0.2, -0.15) is 0 Å². The van der Waals surface area contributed by atoms with Crippen LogP contribution in [0, 0.1) is 0 Å². The van der Waals surface area contributed by atoms with Crippen molar-refractivity contribution in [1.82, 2.24) is 9.88 Å². The molecular formula is C24H26N2O5. The molecule has 0 unspecified atom stereocenters. The molecule has 0 bridgehead atoms. The van der Waals surface area contributed by atoms with E-state index in [-0.39, 0.29) is 24.6 Å². The van der Waals surface area contributed by atoms with E-state index in [1.165, 1.54) is 4.57 Å². The molecule has 0 aliphatic carbocycles. The van der Waals surface area contributed by atoms with E-state index in [1.807, 2.05) is 30.3 Å². The molecule has 31 heavy (non-hydrogen) atoms. The van der Waals surface area contributed by atoms with E-state index in [9.17, 15) is 14.4 Å². The first-order valence-electron chi connectivity index (χ1n) is 10.3. The molecule has 0 fully saturated rings. The summed E-state index contributed by atoms with van der Waals surface area (Å²) in [6, 6.07) is 16.6. The average Bonchev–Trinajstić information content (AvgIpc) is 2.77. The van der Waals surface area contributed by atoms with Gasteiger partial charge in [0.2, 0.25) is 5.91 Å². The molecule has 7 heteroatoms. The molecule has 162 valence electrons.